The van der Waals surface area contributed by atoms with E-state index in [0.717, 1.165) is 30.8 Å². The van der Waals surface area contributed by atoms with E-state index in [4.69, 9.17) is 0 Å². The zero-order valence-corrected chi connectivity index (χ0v) is 10.4. The summed E-state index contributed by atoms with van der Waals surface area (Å²) in [5, 5.41) is 0. The van der Waals surface area contributed by atoms with Crippen LogP contribution < -0.4 is 0 Å². The molecular weight excluding hydrogens is 180 g/mol. The minimum atomic E-state index is 0.745. The number of rotatable bonds is 7. The lowest BCUT2D eigenvalue weighted by molar-refractivity contribution is 0.663. The van der Waals surface area contributed by atoms with Gasteiger partial charge in [0.2, 0.25) is 0 Å². The van der Waals surface area contributed by atoms with Crippen LogP contribution in [0, 0.1) is 5.92 Å². The van der Waals surface area contributed by atoms with Crippen molar-refractivity contribution in [2.24, 2.45) is 5.92 Å². The van der Waals surface area contributed by atoms with Crippen molar-refractivity contribution in [3.63, 3.8) is 0 Å². The Morgan fingerprint density at radius 3 is 2.53 bits per heavy atom. The molecule has 0 aromatic rings. The van der Waals surface area contributed by atoms with Gasteiger partial charge in [0, 0.05) is 0 Å². The Bertz CT molecular complexity index is 251. The maximum absolute atomic E-state index is 3.89. The van der Waals surface area contributed by atoms with Gasteiger partial charge in [-0.05, 0) is 32.1 Å². The van der Waals surface area contributed by atoms with Gasteiger partial charge >= 0.3 is 0 Å². The van der Waals surface area contributed by atoms with Crippen molar-refractivity contribution < 1.29 is 0 Å². The highest BCUT2D eigenvalue weighted by Crippen LogP contribution is 2.08. The summed E-state index contributed by atoms with van der Waals surface area (Å²) < 4.78 is 0. The zero-order valence-electron chi connectivity index (χ0n) is 10.4. The van der Waals surface area contributed by atoms with Gasteiger partial charge in [-0.1, -0.05) is 62.5 Å². The van der Waals surface area contributed by atoms with Crippen LogP contribution >= 0.6 is 0 Å². The first-order chi connectivity index (χ1) is 7.06. The second-order valence-electron chi connectivity index (χ2n) is 4.38. The van der Waals surface area contributed by atoms with Crippen LogP contribution in [0.2, 0.25) is 0 Å². The SMILES string of the molecule is C=CC(=C)CC/C=C(C)/C=C\CC(C)C. The molecule has 0 saturated carbocycles. The molecule has 0 radical (unpaired) electrons. The molecule has 0 heteroatoms. The second-order valence-corrected chi connectivity index (χ2v) is 4.38. The third kappa shape index (κ3) is 9.27. The van der Waals surface area contributed by atoms with Crippen LogP contribution in [-0.2, 0) is 0 Å². The van der Waals surface area contributed by atoms with Crippen LogP contribution in [0.4, 0.5) is 0 Å². The summed E-state index contributed by atoms with van der Waals surface area (Å²) in [4.78, 5) is 0. The van der Waals surface area contributed by atoms with E-state index in [1.54, 1.807) is 0 Å². The second kappa shape index (κ2) is 8.28. The predicted octanol–water partition coefficient (Wildman–Crippen LogP) is 5.06. The molecule has 0 atom stereocenters. The fourth-order valence-electron chi connectivity index (χ4n) is 1.18. The van der Waals surface area contributed by atoms with Crippen LogP contribution in [0.1, 0.15) is 40.0 Å². The van der Waals surface area contributed by atoms with Gasteiger partial charge < -0.3 is 0 Å². The summed E-state index contributed by atoms with van der Waals surface area (Å²) in [5.41, 5.74) is 2.46. The first kappa shape index (κ1) is 14.0. The molecule has 0 fully saturated rings. The first-order valence-corrected chi connectivity index (χ1v) is 5.69. The summed E-state index contributed by atoms with van der Waals surface area (Å²) >= 11 is 0. The van der Waals surface area contributed by atoms with Gasteiger partial charge in [-0.2, -0.15) is 0 Å². The average Bonchev–Trinajstić information content (AvgIpc) is 2.17. The molecule has 0 unspecified atom stereocenters. The minimum Gasteiger partial charge on any atom is -0.0988 e. The lowest BCUT2D eigenvalue weighted by Gasteiger charge is -1.98. The molecule has 0 heterocycles. The summed E-state index contributed by atoms with van der Waals surface area (Å²) in [7, 11) is 0. The highest BCUT2D eigenvalue weighted by Gasteiger charge is 1.89. The molecule has 0 N–H and O–H groups in total. The molecule has 0 rings (SSSR count). The Morgan fingerprint density at radius 2 is 2.00 bits per heavy atom. The van der Waals surface area contributed by atoms with Gasteiger partial charge in [0.05, 0.1) is 0 Å². The third-order valence-electron chi connectivity index (χ3n) is 2.21. The lowest BCUT2D eigenvalue weighted by atomic mass is 10.1. The highest BCUT2D eigenvalue weighted by molar-refractivity contribution is 5.17. The standard InChI is InChI=1S/C15H24/c1-6-14(4)10-8-12-15(5)11-7-9-13(2)3/h6-7,11-13H,1,4,8-10H2,2-3,5H3/b11-7-,15-12+. The molecule has 0 aromatic heterocycles. The molecule has 0 aliphatic rings. The molecule has 0 aliphatic carbocycles. The number of hydrogen-bond acceptors (Lipinski definition) is 0. The Labute approximate surface area is 95.1 Å². The van der Waals surface area contributed by atoms with Gasteiger partial charge in [-0.3, -0.25) is 0 Å². The Kier molecular flexibility index (Phi) is 7.71. The van der Waals surface area contributed by atoms with Gasteiger partial charge in [-0.25, -0.2) is 0 Å². The van der Waals surface area contributed by atoms with E-state index in [1.165, 1.54) is 5.57 Å². The summed E-state index contributed by atoms with van der Waals surface area (Å²) in [5.74, 6) is 0.745. The van der Waals surface area contributed by atoms with Crippen molar-refractivity contribution in [1.29, 1.82) is 0 Å². The topological polar surface area (TPSA) is 0 Å². The van der Waals surface area contributed by atoms with Gasteiger partial charge in [0.25, 0.3) is 0 Å². The largest absolute Gasteiger partial charge is 0.0988 e. The average molecular weight is 204 g/mol. The molecule has 0 amide bonds. The molecule has 0 spiro atoms. The van der Waals surface area contributed by atoms with E-state index in [2.05, 4.69) is 52.2 Å². The van der Waals surface area contributed by atoms with Crippen molar-refractivity contribution in [3.8, 4) is 0 Å². The molecule has 0 nitrogen and oxygen atoms in total. The molecular formula is C15H24. The van der Waals surface area contributed by atoms with E-state index < -0.39 is 0 Å². The molecule has 0 aromatic carbocycles. The Hall–Kier alpha value is -1.04. The summed E-state index contributed by atoms with van der Waals surface area (Å²) in [6, 6.07) is 0. The van der Waals surface area contributed by atoms with Crippen LogP contribution in [-0.4, -0.2) is 0 Å². The normalized spacial score (nSPS) is 12.4. The van der Waals surface area contributed by atoms with Crippen molar-refractivity contribution >= 4 is 0 Å². The maximum Gasteiger partial charge on any atom is -0.0250 e. The monoisotopic (exact) mass is 204 g/mol. The predicted molar refractivity (Wildman–Crippen MR) is 70.9 cm³/mol. The van der Waals surface area contributed by atoms with Crippen LogP contribution in [0.3, 0.4) is 0 Å². The van der Waals surface area contributed by atoms with Crippen LogP contribution in [0.25, 0.3) is 0 Å². The van der Waals surface area contributed by atoms with Crippen molar-refractivity contribution in [2.75, 3.05) is 0 Å². The lowest BCUT2D eigenvalue weighted by Crippen LogP contribution is -1.81. The first-order valence-electron chi connectivity index (χ1n) is 5.69. The van der Waals surface area contributed by atoms with E-state index in [0.29, 0.717) is 0 Å². The fraction of sp³-hybridized carbons (Fsp3) is 0.467. The Morgan fingerprint density at radius 1 is 1.33 bits per heavy atom. The molecule has 0 saturated heterocycles. The number of hydrogen-bond donors (Lipinski definition) is 0. The van der Waals surface area contributed by atoms with E-state index in [1.807, 2.05) is 6.08 Å². The molecule has 84 valence electrons. The quantitative estimate of drug-likeness (QED) is 0.509. The molecule has 0 bridgehead atoms. The van der Waals surface area contributed by atoms with Crippen molar-refractivity contribution in [2.45, 2.75) is 40.0 Å². The van der Waals surface area contributed by atoms with Gasteiger partial charge in [-0.15, -0.1) is 0 Å². The van der Waals surface area contributed by atoms with Gasteiger partial charge in [0.1, 0.15) is 0 Å². The zero-order chi connectivity index (χ0) is 11.7. The summed E-state index contributed by atoms with van der Waals surface area (Å²) in [6.45, 7) is 14.2. The van der Waals surface area contributed by atoms with E-state index >= 15 is 0 Å². The number of allylic oxidation sites excluding steroid dienone is 6. The van der Waals surface area contributed by atoms with Crippen molar-refractivity contribution in [3.05, 3.63) is 48.6 Å². The fourth-order valence-corrected chi connectivity index (χ4v) is 1.18. The summed E-state index contributed by atoms with van der Waals surface area (Å²) in [6.07, 6.45) is 11.8. The van der Waals surface area contributed by atoms with Crippen LogP contribution in [0.5, 0.6) is 0 Å². The van der Waals surface area contributed by atoms with E-state index in [-0.39, 0.29) is 0 Å². The van der Waals surface area contributed by atoms with Crippen molar-refractivity contribution in [1.82, 2.24) is 0 Å². The third-order valence-corrected chi connectivity index (χ3v) is 2.21. The highest BCUT2D eigenvalue weighted by atomic mass is 14.0. The smallest absolute Gasteiger partial charge is 0.0250 e. The van der Waals surface area contributed by atoms with Crippen LogP contribution in [0.15, 0.2) is 48.6 Å². The van der Waals surface area contributed by atoms with Gasteiger partial charge in [0.15, 0.2) is 0 Å². The maximum atomic E-state index is 3.89. The van der Waals surface area contributed by atoms with E-state index in [9.17, 15) is 0 Å². The molecule has 15 heavy (non-hydrogen) atoms. The Balaban J connectivity index is 3.83. The minimum absolute atomic E-state index is 0.745. The molecule has 0 aliphatic heterocycles.